The highest BCUT2D eigenvalue weighted by Gasteiger charge is 2.26. The van der Waals surface area contributed by atoms with E-state index in [1.807, 2.05) is 6.92 Å². The quantitative estimate of drug-likeness (QED) is 0.815. The molecule has 2 nitrogen and oxygen atoms in total. The van der Waals surface area contributed by atoms with Crippen molar-refractivity contribution in [1.29, 1.82) is 0 Å². The second-order valence-electron chi connectivity index (χ2n) is 3.80. The molecule has 0 radical (unpaired) electrons. The monoisotopic (exact) mass is 213 g/mol. The van der Waals surface area contributed by atoms with Gasteiger partial charge in [0.2, 0.25) is 0 Å². The van der Waals surface area contributed by atoms with Gasteiger partial charge in [0.1, 0.15) is 5.82 Å². The van der Waals surface area contributed by atoms with Crippen molar-refractivity contribution in [3.05, 3.63) is 28.8 Å². The number of hydrogen-bond donors (Lipinski definition) is 1. The first-order valence-electron chi connectivity index (χ1n) is 4.98. The van der Waals surface area contributed by atoms with Crippen LogP contribution in [-0.2, 0) is 6.42 Å². The molecule has 0 aromatic heterocycles. The van der Waals surface area contributed by atoms with Crippen molar-refractivity contribution in [2.24, 2.45) is 5.73 Å². The number of halogens is 2. The van der Waals surface area contributed by atoms with E-state index in [0.29, 0.717) is 30.7 Å². The van der Waals surface area contributed by atoms with E-state index in [9.17, 15) is 8.78 Å². The first-order valence-corrected chi connectivity index (χ1v) is 4.98. The zero-order valence-corrected chi connectivity index (χ0v) is 8.52. The molecule has 15 heavy (non-hydrogen) atoms. The Labute approximate surface area is 87.0 Å². The van der Waals surface area contributed by atoms with Crippen molar-refractivity contribution in [2.45, 2.75) is 19.3 Å². The first kappa shape index (κ1) is 10.4. The van der Waals surface area contributed by atoms with Gasteiger partial charge in [-0.1, -0.05) is 6.92 Å². The van der Waals surface area contributed by atoms with E-state index in [1.54, 1.807) is 0 Å². The molecule has 1 aliphatic heterocycles. The van der Waals surface area contributed by atoms with Gasteiger partial charge in [-0.15, -0.1) is 0 Å². The number of hydrogen-bond acceptors (Lipinski definition) is 2. The minimum absolute atomic E-state index is 0.110. The first-order chi connectivity index (χ1) is 7.15. The average Bonchev–Trinajstić information content (AvgIpc) is 2.66. The summed E-state index contributed by atoms with van der Waals surface area (Å²) in [7, 11) is 0. The van der Waals surface area contributed by atoms with Crippen molar-refractivity contribution in [2.75, 3.05) is 13.2 Å². The summed E-state index contributed by atoms with van der Waals surface area (Å²) in [5.74, 6) is -1.05. The molecule has 1 heterocycles. The lowest BCUT2D eigenvalue weighted by Gasteiger charge is -2.14. The van der Waals surface area contributed by atoms with Crippen LogP contribution >= 0.6 is 0 Å². The minimum atomic E-state index is -0.618. The van der Waals surface area contributed by atoms with Crippen LogP contribution in [-0.4, -0.2) is 13.2 Å². The second-order valence-corrected chi connectivity index (χ2v) is 3.80. The van der Waals surface area contributed by atoms with Gasteiger partial charge in [0.15, 0.2) is 11.6 Å². The Balaban J connectivity index is 2.59. The van der Waals surface area contributed by atoms with Crippen LogP contribution in [0.15, 0.2) is 6.07 Å². The number of ether oxygens (including phenoxy) is 1. The summed E-state index contributed by atoms with van der Waals surface area (Å²) in [6, 6.07) is 0.881. The lowest BCUT2D eigenvalue weighted by Crippen LogP contribution is -2.13. The smallest absolute Gasteiger partial charge is 0.168 e. The van der Waals surface area contributed by atoms with Crippen LogP contribution in [0.5, 0.6) is 5.75 Å². The fourth-order valence-corrected chi connectivity index (χ4v) is 1.98. The lowest BCUT2D eigenvalue weighted by molar-refractivity contribution is 0.338. The molecule has 1 unspecified atom stereocenters. The van der Waals surface area contributed by atoms with Crippen molar-refractivity contribution in [3.63, 3.8) is 0 Å². The zero-order chi connectivity index (χ0) is 11.0. The molecule has 0 spiro atoms. The third-order valence-corrected chi connectivity index (χ3v) is 2.77. The van der Waals surface area contributed by atoms with Gasteiger partial charge >= 0.3 is 0 Å². The molecular weight excluding hydrogens is 200 g/mol. The summed E-state index contributed by atoms with van der Waals surface area (Å²) in [6.07, 6.45) is 0.559. The summed E-state index contributed by atoms with van der Waals surface area (Å²) >= 11 is 0. The number of fused-ring (bicyclic) bond motifs is 1. The van der Waals surface area contributed by atoms with Crippen LogP contribution in [0.4, 0.5) is 8.78 Å². The molecule has 4 heteroatoms. The standard InChI is InChI=1S/C11H13F2NO/c1-6(5-14)10-7-2-3-15-11(7)9(13)4-8(10)12/h4,6H,2-3,5,14H2,1H3. The molecular formula is C11H13F2NO. The Morgan fingerprint density at radius 1 is 1.47 bits per heavy atom. The van der Waals surface area contributed by atoms with Crippen molar-refractivity contribution in [1.82, 2.24) is 0 Å². The Kier molecular flexibility index (Phi) is 2.61. The Morgan fingerprint density at radius 3 is 2.87 bits per heavy atom. The van der Waals surface area contributed by atoms with Gasteiger partial charge in [-0.3, -0.25) is 0 Å². The molecule has 1 aromatic carbocycles. The number of rotatable bonds is 2. The molecule has 1 aliphatic rings. The Hall–Kier alpha value is -1.16. The molecule has 82 valence electrons. The van der Waals surface area contributed by atoms with E-state index in [0.717, 1.165) is 6.07 Å². The predicted molar refractivity (Wildman–Crippen MR) is 53.0 cm³/mol. The van der Waals surface area contributed by atoms with Crippen LogP contribution in [0.25, 0.3) is 0 Å². The molecule has 0 amide bonds. The number of nitrogens with two attached hydrogens (primary N) is 1. The van der Waals surface area contributed by atoms with E-state index >= 15 is 0 Å². The van der Waals surface area contributed by atoms with E-state index in [1.165, 1.54) is 0 Å². The topological polar surface area (TPSA) is 35.2 Å². The van der Waals surface area contributed by atoms with E-state index < -0.39 is 11.6 Å². The fraction of sp³-hybridized carbons (Fsp3) is 0.455. The molecule has 0 saturated heterocycles. The second kappa shape index (κ2) is 3.77. The average molecular weight is 213 g/mol. The van der Waals surface area contributed by atoms with Crippen LogP contribution in [0.1, 0.15) is 24.0 Å². The summed E-state index contributed by atoms with van der Waals surface area (Å²) in [6.45, 7) is 2.59. The maximum absolute atomic E-state index is 13.6. The van der Waals surface area contributed by atoms with Gasteiger partial charge < -0.3 is 10.5 Å². The van der Waals surface area contributed by atoms with E-state index in [4.69, 9.17) is 10.5 Å². The van der Waals surface area contributed by atoms with Gasteiger partial charge in [-0.25, -0.2) is 8.78 Å². The molecule has 0 bridgehead atoms. The highest BCUT2D eigenvalue weighted by Crippen LogP contribution is 2.36. The lowest BCUT2D eigenvalue weighted by atomic mass is 9.93. The molecule has 1 aromatic rings. The summed E-state index contributed by atoms with van der Waals surface area (Å²) in [4.78, 5) is 0. The Bertz CT molecular complexity index is 393. The highest BCUT2D eigenvalue weighted by molar-refractivity contribution is 5.46. The molecule has 2 N–H and O–H groups in total. The van der Waals surface area contributed by atoms with Gasteiger partial charge in [0.25, 0.3) is 0 Å². The van der Waals surface area contributed by atoms with E-state index in [2.05, 4.69) is 0 Å². The van der Waals surface area contributed by atoms with Gasteiger partial charge in [0, 0.05) is 18.1 Å². The van der Waals surface area contributed by atoms with Crippen LogP contribution in [0.3, 0.4) is 0 Å². The normalized spacial score (nSPS) is 16.0. The summed E-state index contributed by atoms with van der Waals surface area (Å²) in [5, 5.41) is 0. The fourth-order valence-electron chi connectivity index (χ4n) is 1.98. The van der Waals surface area contributed by atoms with Crippen LogP contribution in [0, 0.1) is 11.6 Å². The van der Waals surface area contributed by atoms with Crippen LogP contribution in [0.2, 0.25) is 0 Å². The largest absolute Gasteiger partial charge is 0.490 e. The van der Waals surface area contributed by atoms with Gasteiger partial charge in [-0.05, 0) is 18.0 Å². The maximum Gasteiger partial charge on any atom is 0.168 e. The summed E-state index contributed by atoms with van der Waals surface area (Å²) in [5.41, 5.74) is 6.65. The Morgan fingerprint density at radius 2 is 2.20 bits per heavy atom. The van der Waals surface area contributed by atoms with Gasteiger partial charge in [0.05, 0.1) is 6.61 Å². The highest BCUT2D eigenvalue weighted by atomic mass is 19.1. The SMILES string of the molecule is CC(CN)c1c(F)cc(F)c2c1CCO2. The third-order valence-electron chi connectivity index (χ3n) is 2.77. The minimum Gasteiger partial charge on any atom is -0.490 e. The molecule has 0 fully saturated rings. The van der Waals surface area contributed by atoms with E-state index in [-0.39, 0.29) is 11.7 Å². The molecule has 0 saturated carbocycles. The summed E-state index contributed by atoms with van der Waals surface area (Å²) < 4.78 is 32.0. The van der Waals surface area contributed by atoms with Crippen molar-refractivity contribution in [3.8, 4) is 5.75 Å². The predicted octanol–water partition coefficient (Wildman–Crippen LogP) is 1.96. The number of benzene rings is 1. The van der Waals surface area contributed by atoms with Gasteiger partial charge in [-0.2, -0.15) is 0 Å². The molecule has 0 aliphatic carbocycles. The third kappa shape index (κ3) is 1.59. The van der Waals surface area contributed by atoms with Crippen LogP contribution < -0.4 is 10.5 Å². The maximum atomic E-state index is 13.6. The molecule has 2 rings (SSSR count). The zero-order valence-electron chi connectivity index (χ0n) is 8.52. The van der Waals surface area contributed by atoms with Crippen molar-refractivity contribution >= 4 is 0 Å². The molecule has 1 atom stereocenters. The van der Waals surface area contributed by atoms with Crippen molar-refractivity contribution < 1.29 is 13.5 Å².